The zero-order chi connectivity index (χ0) is 25.4. The maximum Gasteiger partial charge on any atom is 0.410 e. The van der Waals surface area contributed by atoms with Gasteiger partial charge in [0.2, 0.25) is 12.7 Å². The highest BCUT2D eigenvalue weighted by Crippen LogP contribution is 2.52. The number of aliphatic carboxylic acids is 1. The molecule has 12 heteroatoms. The number of carboxylic acids is 1. The van der Waals surface area contributed by atoms with Crippen molar-refractivity contribution in [2.45, 2.75) is 64.5 Å². The van der Waals surface area contributed by atoms with E-state index < -0.39 is 48.4 Å². The molecular formula is C22H32N2O9S. The van der Waals surface area contributed by atoms with Crippen molar-refractivity contribution >= 4 is 35.7 Å². The number of rotatable bonds is 8. The van der Waals surface area contributed by atoms with Gasteiger partial charge in [-0.15, -0.1) is 11.8 Å². The number of esters is 1. The summed E-state index contributed by atoms with van der Waals surface area (Å²) >= 11 is 1.34. The molecular weight excluding hydrogens is 468 g/mol. The molecule has 0 aromatic carbocycles. The Kier molecular flexibility index (Phi) is 7.83. The van der Waals surface area contributed by atoms with E-state index in [9.17, 15) is 29.4 Å². The number of hydrogen-bond acceptors (Lipinski definition) is 9. The van der Waals surface area contributed by atoms with E-state index in [1.54, 1.807) is 20.8 Å². The van der Waals surface area contributed by atoms with Crippen molar-refractivity contribution in [3.63, 3.8) is 0 Å². The molecule has 34 heavy (non-hydrogen) atoms. The van der Waals surface area contributed by atoms with Crippen LogP contribution in [-0.4, -0.2) is 82.5 Å². The van der Waals surface area contributed by atoms with Crippen molar-refractivity contribution in [3.05, 3.63) is 10.6 Å². The number of carbonyl (C=O) groups excluding carboxylic acids is 3. The fourth-order valence-corrected chi connectivity index (χ4v) is 5.90. The third-order valence-electron chi connectivity index (χ3n) is 6.18. The topological polar surface area (TPSA) is 152 Å². The number of β-lactam (4-membered cyclic amide) rings is 1. The van der Waals surface area contributed by atoms with Gasteiger partial charge in [-0.2, -0.15) is 0 Å². The van der Waals surface area contributed by atoms with E-state index in [2.05, 4.69) is 5.32 Å². The standard InChI is InChI=1S/C22H32N2O9S/c1-10-15-14(11(2)25)18(26)24(15)16(19(27)28)17(10)34-13-6-7-31-12(13)8-23-21(30)33-9-32-20(29)22(3,4)5/h10-15,25H,6-9H2,1-5H3,(H,23,30)(H,27,28)/t10-,11-,12-,13-,14-,15?/m1/s1. The number of nitrogens with one attached hydrogen (secondary N) is 1. The largest absolute Gasteiger partial charge is 0.477 e. The molecule has 0 spiro atoms. The summed E-state index contributed by atoms with van der Waals surface area (Å²) in [5.41, 5.74) is -0.748. The van der Waals surface area contributed by atoms with Crippen molar-refractivity contribution in [2.75, 3.05) is 19.9 Å². The van der Waals surface area contributed by atoms with E-state index in [1.165, 1.54) is 23.6 Å². The van der Waals surface area contributed by atoms with Gasteiger partial charge in [-0.25, -0.2) is 9.59 Å². The molecule has 2 saturated heterocycles. The van der Waals surface area contributed by atoms with Gasteiger partial charge in [-0.3, -0.25) is 9.59 Å². The van der Waals surface area contributed by atoms with Crippen LogP contribution in [0.15, 0.2) is 10.6 Å². The van der Waals surface area contributed by atoms with Crippen molar-refractivity contribution < 1.29 is 43.6 Å². The van der Waals surface area contributed by atoms with Crippen LogP contribution in [-0.2, 0) is 28.6 Å². The van der Waals surface area contributed by atoms with Gasteiger partial charge in [0.05, 0.1) is 29.6 Å². The first-order valence-corrected chi connectivity index (χ1v) is 12.1. The molecule has 0 aliphatic carbocycles. The summed E-state index contributed by atoms with van der Waals surface area (Å²) < 4.78 is 15.5. The number of thioether (sulfide) groups is 1. The predicted molar refractivity (Wildman–Crippen MR) is 120 cm³/mol. The first-order valence-electron chi connectivity index (χ1n) is 11.2. The van der Waals surface area contributed by atoms with Crippen molar-refractivity contribution in [1.29, 1.82) is 0 Å². The molecule has 3 aliphatic heterocycles. The first kappa shape index (κ1) is 26.3. The highest BCUT2D eigenvalue weighted by Gasteiger charge is 2.60. The SMILES string of the molecule is C[C@H]1C(S[C@@H]2CCO[C@@H]2CNC(=O)OCOC(=O)C(C)(C)C)=C(C(=O)O)N2C(=O)[C@H]([C@@H](C)O)C12. The molecule has 3 N–H and O–H groups in total. The van der Waals surface area contributed by atoms with Crippen LogP contribution in [0.5, 0.6) is 0 Å². The van der Waals surface area contributed by atoms with Crippen molar-refractivity contribution in [1.82, 2.24) is 10.2 Å². The minimum absolute atomic E-state index is 0.0388. The van der Waals surface area contributed by atoms with Gasteiger partial charge in [0.25, 0.3) is 0 Å². The monoisotopic (exact) mass is 500 g/mol. The number of alkyl carbamates (subject to hydrolysis) is 1. The molecule has 3 aliphatic rings. The lowest BCUT2D eigenvalue weighted by molar-refractivity contribution is -0.163. The fraction of sp³-hybridized carbons (Fsp3) is 0.727. The number of carbonyl (C=O) groups is 4. The number of fused-ring (bicyclic) bond motifs is 1. The Morgan fingerprint density at radius 1 is 1.29 bits per heavy atom. The van der Waals surface area contributed by atoms with E-state index >= 15 is 0 Å². The number of amides is 2. The average Bonchev–Trinajstić information content (AvgIpc) is 3.26. The summed E-state index contributed by atoms with van der Waals surface area (Å²) in [7, 11) is 0. The average molecular weight is 501 g/mol. The maximum absolute atomic E-state index is 12.5. The van der Waals surface area contributed by atoms with E-state index in [0.29, 0.717) is 17.9 Å². The Morgan fingerprint density at radius 3 is 2.56 bits per heavy atom. The first-order chi connectivity index (χ1) is 15.8. The Morgan fingerprint density at radius 2 is 1.97 bits per heavy atom. The van der Waals surface area contributed by atoms with Gasteiger partial charge in [0.1, 0.15) is 5.70 Å². The number of nitrogens with zero attached hydrogens (tertiary/aromatic N) is 1. The zero-order valence-corrected chi connectivity index (χ0v) is 20.7. The van der Waals surface area contributed by atoms with Gasteiger partial charge < -0.3 is 34.6 Å². The van der Waals surface area contributed by atoms with E-state index in [0.717, 1.165) is 0 Å². The molecule has 6 atom stereocenters. The molecule has 0 radical (unpaired) electrons. The maximum atomic E-state index is 12.5. The molecule has 3 heterocycles. The van der Waals surface area contributed by atoms with E-state index in [-0.39, 0.29) is 35.4 Å². The Bertz CT molecular complexity index is 882. The summed E-state index contributed by atoms with van der Waals surface area (Å²) in [5.74, 6) is -2.93. The Labute approximate surface area is 202 Å². The summed E-state index contributed by atoms with van der Waals surface area (Å²) in [6, 6.07) is -0.384. The van der Waals surface area contributed by atoms with Crippen LogP contribution < -0.4 is 5.32 Å². The molecule has 2 amide bonds. The number of ether oxygens (including phenoxy) is 3. The van der Waals surface area contributed by atoms with Crippen LogP contribution in [0, 0.1) is 17.3 Å². The molecule has 190 valence electrons. The Hall–Kier alpha value is -2.31. The zero-order valence-electron chi connectivity index (χ0n) is 19.9. The van der Waals surface area contributed by atoms with Gasteiger partial charge in [0.15, 0.2) is 0 Å². The van der Waals surface area contributed by atoms with Crippen LogP contribution in [0.25, 0.3) is 0 Å². The summed E-state index contributed by atoms with van der Waals surface area (Å²) in [6.07, 6.45) is -1.40. The molecule has 3 rings (SSSR count). The number of aliphatic hydroxyl groups is 1. The second kappa shape index (κ2) is 10.1. The second-order valence-electron chi connectivity index (χ2n) is 9.74. The second-order valence-corrected chi connectivity index (χ2v) is 11.0. The fourth-order valence-electron chi connectivity index (χ4n) is 4.38. The lowest BCUT2D eigenvalue weighted by Gasteiger charge is -2.46. The van der Waals surface area contributed by atoms with E-state index in [4.69, 9.17) is 14.2 Å². The quantitative estimate of drug-likeness (QED) is 0.253. The lowest BCUT2D eigenvalue weighted by atomic mass is 9.79. The molecule has 0 aromatic rings. The summed E-state index contributed by atoms with van der Waals surface area (Å²) in [4.78, 5) is 50.0. The highest BCUT2D eigenvalue weighted by molar-refractivity contribution is 8.03. The number of aliphatic hydroxyl groups excluding tert-OH is 1. The predicted octanol–water partition coefficient (Wildman–Crippen LogP) is 1.30. The van der Waals surface area contributed by atoms with Gasteiger partial charge in [0, 0.05) is 29.2 Å². The minimum Gasteiger partial charge on any atom is -0.477 e. The number of hydrogen-bond donors (Lipinski definition) is 3. The van der Waals surface area contributed by atoms with Crippen molar-refractivity contribution in [3.8, 4) is 0 Å². The molecule has 0 saturated carbocycles. The van der Waals surface area contributed by atoms with Crippen LogP contribution in [0.1, 0.15) is 41.0 Å². The molecule has 0 aromatic heterocycles. The van der Waals surface area contributed by atoms with Crippen LogP contribution in [0.3, 0.4) is 0 Å². The minimum atomic E-state index is -1.18. The van der Waals surface area contributed by atoms with E-state index in [1.807, 2.05) is 6.92 Å². The van der Waals surface area contributed by atoms with Gasteiger partial charge >= 0.3 is 18.0 Å². The summed E-state index contributed by atoms with van der Waals surface area (Å²) in [5, 5.41) is 22.2. The highest BCUT2D eigenvalue weighted by atomic mass is 32.2. The molecule has 0 bridgehead atoms. The third kappa shape index (κ3) is 5.18. The lowest BCUT2D eigenvalue weighted by Crippen LogP contribution is -2.63. The third-order valence-corrected chi connectivity index (χ3v) is 7.84. The smallest absolute Gasteiger partial charge is 0.410 e. The van der Waals surface area contributed by atoms with Crippen LogP contribution in [0.4, 0.5) is 4.79 Å². The normalized spacial score (nSPS) is 29.4. The van der Waals surface area contributed by atoms with Gasteiger partial charge in [-0.1, -0.05) is 6.92 Å². The van der Waals surface area contributed by atoms with Crippen LogP contribution >= 0.6 is 11.8 Å². The van der Waals surface area contributed by atoms with Crippen molar-refractivity contribution in [2.24, 2.45) is 17.3 Å². The van der Waals surface area contributed by atoms with Crippen LogP contribution in [0.2, 0.25) is 0 Å². The summed E-state index contributed by atoms with van der Waals surface area (Å²) in [6.45, 7) is 8.50. The van der Waals surface area contributed by atoms with Gasteiger partial charge in [-0.05, 0) is 34.1 Å². The molecule has 11 nitrogen and oxygen atoms in total. The Balaban J connectivity index is 1.57. The number of carboxylic acid groups (broad SMARTS) is 1. The molecule has 2 fully saturated rings. The molecule has 1 unspecified atom stereocenters.